The molecule has 0 aliphatic heterocycles. The summed E-state index contributed by atoms with van der Waals surface area (Å²) in [6, 6.07) is 19.0. The molecule has 0 radical (unpaired) electrons. The Morgan fingerprint density at radius 1 is 0.950 bits per heavy atom. The zero-order valence-corrected chi connectivity index (χ0v) is 11.1. The molecule has 0 spiro atoms. The predicted octanol–water partition coefficient (Wildman–Crippen LogP) is 2.70. The second-order valence-electron chi connectivity index (χ2n) is 4.21. The van der Waals surface area contributed by atoms with Gasteiger partial charge in [-0.3, -0.25) is 9.63 Å². The molecule has 0 unspecified atom stereocenters. The van der Waals surface area contributed by atoms with E-state index in [9.17, 15) is 4.79 Å². The van der Waals surface area contributed by atoms with Gasteiger partial charge in [-0.05, 0) is 17.7 Å². The SMILES string of the molecule is O=C(CCOc1ccccc1)NOCc1ccccc1. The average molecular weight is 271 g/mol. The molecule has 0 saturated heterocycles. The van der Waals surface area contributed by atoms with Crippen molar-refractivity contribution in [2.24, 2.45) is 0 Å². The Balaban J connectivity index is 1.59. The Morgan fingerprint density at radius 2 is 1.60 bits per heavy atom. The van der Waals surface area contributed by atoms with Gasteiger partial charge in [0.05, 0.1) is 19.6 Å². The number of para-hydroxylation sites is 1. The number of benzene rings is 2. The number of nitrogens with one attached hydrogen (secondary N) is 1. The summed E-state index contributed by atoms with van der Waals surface area (Å²) in [7, 11) is 0. The third kappa shape index (κ3) is 5.12. The van der Waals surface area contributed by atoms with E-state index in [1.54, 1.807) is 0 Å². The van der Waals surface area contributed by atoms with E-state index in [1.165, 1.54) is 0 Å². The summed E-state index contributed by atoms with van der Waals surface area (Å²) < 4.78 is 5.42. The number of hydrogen-bond donors (Lipinski definition) is 1. The van der Waals surface area contributed by atoms with Crippen LogP contribution >= 0.6 is 0 Å². The fraction of sp³-hybridized carbons (Fsp3) is 0.188. The molecule has 4 nitrogen and oxygen atoms in total. The molecule has 20 heavy (non-hydrogen) atoms. The van der Waals surface area contributed by atoms with E-state index in [0.717, 1.165) is 11.3 Å². The largest absolute Gasteiger partial charge is 0.493 e. The molecule has 2 rings (SSSR count). The first-order valence-corrected chi connectivity index (χ1v) is 6.47. The standard InChI is InChI=1S/C16H17NO3/c18-16(11-12-19-15-9-5-2-6-10-15)17-20-13-14-7-3-1-4-8-14/h1-10H,11-13H2,(H,17,18). The highest BCUT2D eigenvalue weighted by molar-refractivity contribution is 5.74. The van der Waals surface area contributed by atoms with Crippen LogP contribution < -0.4 is 10.2 Å². The summed E-state index contributed by atoms with van der Waals surface area (Å²) in [5.74, 6) is 0.558. The van der Waals surface area contributed by atoms with Crippen LogP contribution in [0.25, 0.3) is 0 Å². The molecule has 0 saturated carbocycles. The van der Waals surface area contributed by atoms with Gasteiger partial charge >= 0.3 is 0 Å². The van der Waals surface area contributed by atoms with E-state index in [1.807, 2.05) is 60.7 Å². The van der Waals surface area contributed by atoms with E-state index in [0.29, 0.717) is 13.2 Å². The van der Waals surface area contributed by atoms with E-state index in [4.69, 9.17) is 9.57 Å². The van der Waals surface area contributed by atoms with Gasteiger partial charge in [-0.2, -0.15) is 0 Å². The lowest BCUT2D eigenvalue weighted by molar-refractivity contribution is -0.135. The number of carbonyl (C=O) groups excluding carboxylic acids is 1. The highest BCUT2D eigenvalue weighted by Gasteiger charge is 2.02. The van der Waals surface area contributed by atoms with Crippen molar-refractivity contribution in [1.29, 1.82) is 0 Å². The molecule has 0 aliphatic rings. The average Bonchev–Trinajstić information content (AvgIpc) is 2.49. The van der Waals surface area contributed by atoms with Gasteiger partial charge in [0.25, 0.3) is 0 Å². The van der Waals surface area contributed by atoms with Crippen molar-refractivity contribution in [2.75, 3.05) is 6.61 Å². The van der Waals surface area contributed by atoms with Crippen LogP contribution in [0.1, 0.15) is 12.0 Å². The molecule has 0 bridgehead atoms. The fourth-order valence-corrected chi connectivity index (χ4v) is 1.60. The zero-order valence-electron chi connectivity index (χ0n) is 11.1. The van der Waals surface area contributed by atoms with E-state index < -0.39 is 0 Å². The van der Waals surface area contributed by atoms with Crippen LogP contribution in [0.2, 0.25) is 0 Å². The summed E-state index contributed by atoms with van der Waals surface area (Å²) in [5.41, 5.74) is 3.41. The second-order valence-corrected chi connectivity index (χ2v) is 4.21. The molecule has 0 aliphatic carbocycles. The first-order chi connectivity index (χ1) is 9.84. The monoisotopic (exact) mass is 271 g/mol. The van der Waals surface area contributed by atoms with Crippen LogP contribution in [0.4, 0.5) is 0 Å². The molecule has 0 fully saturated rings. The molecule has 0 aromatic heterocycles. The van der Waals surface area contributed by atoms with Gasteiger partial charge in [0.2, 0.25) is 5.91 Å². The molecule has 1 amide bonds. The normalized spacial score (nSPS) is 10.0. The van der Waals surface area contributed by atoms with Crippen molar-refractivity contribution in [3.05, 3.63) is 66.2 Å². The number of hydroxylamine groups is 1. The van der Waals surface area contributed by atoms with Crippen LogP contribution in [0.3, 0.4) is 0 Å². The minimum absolute atomic E-state index is 0.197. The topological polar surface area (TPSA) is 47.6 Å². The van der Waals surface area contributed by atoms with E-state index in [2.05, 4.69) is 5.48 Å². The molecule has 0 heterocycles. The van der Waals surface area contributed by atoms with Crippen LogP contribution in [0.5, 0.6) is 5.75 Å². The van der Waals surface area contributed by atoms with Crippen LogP contribution in [0, 0.1) is 0 Å². The van der Waals surface area contributed by atoms with Crippen molar-refractivity contribution in [1.82, 2.24) is 5.48 Å². The first-order valence-electron chi connectivity index (χ1n) is 6.47. The zero-order chi connectivity index (χ0) is 14.0. The Morgan fingerprint density at radius 3 is 2.30 bits per heavy atom. The van der Waals surface area contributed by atoms with Crippen molar-refractivity contribution in [3.63, 3.8) is 0 Å². The van der Waals surface area contributed by atoms with Gasteiger partial charge in [0.15, 0.2) is 0 Å². The third-order valence-corrected chi connectivity index (χ3v) is 2.61. The Hall–Kier alpha value is -2.33. The lowest BCUT2D eigenvalue weighted by atomic mass is 10.2. The molecule has 1 N–H and O–H groups in total. The quantitative estimate of drug-likeness (QED) is 0.788. The second kappa shape index (κ2) is 7.96. The van der Waals surface area contributed by atoms with Crippen molar-refractivity contribution < 1.29 is 14.4 Å². The van der Waals surface area contributed by atoms with Gasteiger partial charge in [-0.1, -0.05) is 48.5 Å². The summed E-state index contributed by atoms with van der Waals surface area (Å²) in [6.07, 6.45) is 0.254. The highest BCUT2D eigenvalue weighted by atomic mass is 16.6. The van der Waals surface area contributed by atoms with Crippen LogP contribution in [0.15, 0.2) is 60.7 Å². The third-order valence-electron chi connectivity index (χ3n) is 2.61. The molecule has 4 heteroatoms. The maximum atomic E-state index is 11.5. The number of carbonyl (C=O) groups is 1. The summed E-state index contributed by atoms with van der Waals surface area (Å²) in [5, 5.41) is 0. The maximum absolute atomic E-state index is 11.5. The maximum Gasteiger partial charge on any atom is 0.246 e. The molecule has 2 aromatic rings. The first kappa shape index (κ1) is 14.1. The minimum Gasteiger partial charge on any atom is -0.493 e. The smallest absolute Gasteiger partial charge is 0.246 e. The predicted molar refractivity (Wildman–Crippen MR) is 75.9 cm³/mol. The highest BCUT2D eigenvalue weighted by Crippen LogP contribution is 2.08. The van der Waals surface area contributed by atoms with E-state index in [-0.39, 0.29) is 12.3 Å². The number of hydrogen-bond acceptors (Lipinski definition) is 3. The van der Waals surface area contributed by atoms with Crippen LogP contribution in [-0.2, 0) is 16.2 Å². The molecular weight excluding hydrogens is 254 g/mol. The minimum atomic E-state index is -0.197. The molecular formula is C16H17NO3. The lowest BCUT2D eigenvalue weighted by Gasteiger charge is -2.07. The fourth-order valence-electron chi connectivity index (χ4n) is 1.60. The van der Waals surface area contributed by atoms with Gasteiger partial charge in [-0.25, -0.2) is 5.48 Å². The number of ether oxygens (including phenoxy) is 1. The summed E-state index contributed by atoms with van der Waals surface area (Å²) in [6.45, 7) is 0.677. The van der Waals surface area contributed by atoms with Gasteiger partial charge in [0, 0.05) is 0 Å². The Labute approximate surface area is 118 Å². The van der Waals surface area contributed by atoms with Crippen molar-refractivity contribution >= 4 is 5.91 Å². The molecule has 104 valence electrons. The van der Waals surface area contributed by atoms with Gasteiger partial charge < -0.3 is 4.74 Å². The van der Waals surface area contributed by atoms with E-state index >= 15 is 0 Å². The van der Waals surface area contributed by atoms with Crippen molar-refractivity contribution in [2.45, 2.75) is 13.0 Å². The Bertz CT molecular complexity index is 466. The summed E-state index contributed by atoms with van der Waals surface area (Å²) >= 11 is 0. The van der Waals surface area contributed by atoms with Gasteiger partial charge in [0.1, 0.15) is 5.75 Å². The van der Waals surface area contributed by atoms with Crippen molar-refractivity contribution in [3.8, 4) is 5.75 Å². The van der Waals surface area contributed by atoms with Crippen LogP contribution in [-0.4, -0.2) is 12.5 Å². The molecule has 2 aromatic carbocycles. The Kier molecular flexibility index (Phi) is 5.61. The number of amides is 1. The number of rotatable bonds is 7. The van der Waals surface area contributed by atoms with Gasteiger partial charge in [-0.15, -0.1) is 0 Å². The lowest BCUT2D eigenvalue weighted by Crippen LogP contribution is -2.25. The summed E-state index contributed by atoms with van der Waals surface area (Å²) in [4.78, 5) is 16.6. The molecule has 0 atom stereocenters.